The van der Waals surface area contributed by atoms with Gasteiger partial charge in [-0.05, 0) is 59.5 Å². The maximum Gasteiger partial charge on any atom is 1.00 e. The van der Waals surface area contributed by atoms with Gasteiger partial charge < -0.3 is 49.9 Å². The van der Waals surface area contributed by atoms with Gasteiger partial charge in [0.2, 0.25) is 23.6 Å². The summed E-state index contributed by atoms with van der Waals surface area (Å²) in [6, 6.07) is 20.1. The molecule has 0 unspecified atom stereocenters. The summed E-state index contributed by atoms with van der Waals surface area (Å²) in [5.74, 6) is -5.59. The molecule has 4 rings (SSSR count). The Morgan fingerprint density at radius 3 is 1.97 bits per heavy atom. The van der Waals surface area contributed by atoms with Crippen molar-refractivity contribution in [2.45, 2.75) is 136 Å². The molecule has 71 heavy (non-hydrogen) atoms. The number of methoxy groups -OCH3 is 2. The summed E-state index contributed by atoms with van der Waals surface area (Å²) in [6.07, 6.45) is -4.27. The first-order valence-corrected chi connectivity index (χ1v) is 23.9. The number of alkyl halides is 3. The summed E-state index contributed by atoms with van der Waals surface area (Å²) >= 11 is 0. The smallest absolute Gasteiger partial charge is 0.542 e. The van der Waals surface area contributed by atoms with Gasteiger partial charge in [-0.15, -0.1) is 0 Å². The number of likely N-dealkylation sites (tertiary alicyclic amines) is 1. The molecular weight excluding hydrogens is 935 g/mol. The molecule has 1 saturated heterocycles. The number of hydrogen-bond acceptors (Lipinski definition) is 11. The maximum atomic E-state index is 14.4. The third-order valence-electron chi connectivity index (χ3n) is 13.1. The second-order valence-electron chi connectivity index (χ2n) is 18.6. The zero-order chi connectivity index (χ0) is 52.5. The number of rotatable bonds is 23. The molecule has 9 atom stereocenters. The number of carbonyl (C=O) groups excluding carboxylic acids is 6. The number of aliphatic carboxylic acids is 1. The van der Waals surface area contributed by atoms with Crippen LogP contribution in [0.15, 0.2) is 72.8 Å². The van der Waals surface area contributed by atoms with Crippen LogP contribution in [0.5, 0.6) is 0 Å². The van der Waals surface area contributed by atoms with Crippen molar-refractivity contribution >= 4 is 46.3 Å². The van der Waals surface area contributed by atoms with Crippen molar-refractivity contribution in [3.63, 3.8) is 0 Å². The van der Waals surface area contributed by atoms with Crippen molar-refractivity contribution in [1.29, 1.82) is 0 Å². The van der Waals surface area contributed by atoms with Gasteiger partial charge in [0.1, 0.15) is 24.7 Å². The van der Waals surface area contributed by atoms with Crippen LogP contribution in [0.2, 0.25) is 0 Å². The Kier molecular flexibility index (Phi) is 26.3. The summed E-state index contributed by atoms with van der Waals surface area (Å²) in [5, 5.41) is 19.8. The predicted molar refractivity (Wildman–Crippen MR) is 257 cm³/mol. The van der Waals surface area contributed by atoms with E-state index < -0.39 is 72.4 Å². The van der Waals surface area contributed by atoms with Gasteiger partial charge in [-0.25, -0.2) is 4.79 Å². The Labute approximate surface area is 438 Å². The zero-order valence-electron chi connectivity index (χ0n) is 43.3. The average molecular weight is 1010 g/mol. The molecule has 1 heterocycles. The van der Waals surface area contributed by atoms with Crippen LogP contribution in [-0.2, 0) is 56.0 Å². The van der Waals surface area contributed by atoms with E-state index in [-0.39, 0.29) is 84.5 Å². The maximum absolute atomic E-state index is 14.4. The van der Waals surface area contributed by atoms with Crippen LogP contribution < -0.4 is 50.6 Å². The number of nitrogens with one attached hydrogen (secondary N) is 3. The number of carboxylic acids is 1. The van der Waals surface area contributed by atoms with E-state index in [2.05, 4.69) is 16.0 Å². The number of nitrogens with zero attached hydrogens (tertiary/aromatic N) is 2. The van der Waals surface area contributed by atoms with Crippen molar-refractivity contribution in [2.24, 2.45) is 23.7 Å². The monoisotopic (exact) mass is 1010 g/mol. The number of ether oxygens (including phenoxy) is 3. The molecule has 0 spiro atoms. The number of likely N-dealkylation sites (N-methyl/N-ethyl adjacent to an activating group) is 2. The van der Waals surface area contributed by atoms with E-state index in [1.165, 1.54) is 7.11 Å². The van der Waals surface area contributed by atoms with Gasteiger partial charge in [-0.3, -0.25) is 19.2 Å². The number of amides is 4. The molecule has 19 heteroatoms. The fraction of sp³-hybridized carbons (Fsp3) is 0.577. The Morgan fingerprint density at radius 2 is 1.42 bits per heavy atom. The third kappa shape index (κ3) is 17.8. The number of carbonyl (C=O) groups is 6. The standard InChI is InChI=1S/C50H73N5O8.C2HF3O2.Na/c1-12-33(6)45(54(9)49(59)44(32(4)5)53-48(58)43(51-8)31(2)3)41(61-10)29-42(56)55-27-19-26-40(55)46(62-11)34(7)47(57)52-39(28-35-20-14-13-15-21-35)50(60)63-30-37-24-18-23-36-22-16-17-25-38(36)37;3-2(4,5)1(6)7;/h13-18,20-25,31-34,39-41,43-46,51H,12,19,26-30H2,1-11H3,(H,52,57)(H,53,58);(H,6,7);/q;;+1/p-1/t33-,34+,39-,40-,41+,43-,44-,45-,46+;;/m0../s1. The topological polar surface area (TPSA) is 196 Å². The molecule has 3 N–H and O–H groups in total. The van der Waals surface area contributed by atoms with E-state index in [0.717, 1.165) is 28.3 Å². The van der Waals surface area contributed by atoms with Crippen LogP contribution in [-0.4, -0.2) is 129 Å². The number of hydrogen-bond donors (Lipinski definition) is 3. The van der Waals surface area contributed by atoms with Gasteiger partial charge in [0.15, 0.2) is 0 Å². The third-order valence-corrected chi connectivity index (χ3v) is 13.1. The van der Waals surface area contributed by atoms with Gasteiger partial charge in [0, 0.05) is 34.2 Å². The normalized spacial score (nSPS) is 17.0. The summed E-state index contributed by atoms with van der Waals surface area (Å²) in [5.41, 5.74) is 1.73. The minimum Gasteiger partial charge on any atom is -0.542 e. The second-order valence-corrected chi connectivity index (χ2v) is 18.6. The van der Waals surface area contributed by atoms with Crippen molar-refractivity contribution in [1.82, 2.24) is 25.8 Å². The first-order valence-electron chi connectivity index (χ1n) is 23.9. The van der Waals surface area contributed by atoms with E-state index in [1.54, 1.807) is 37.9 Å². The number of benzene rings is 3. The largest absolute Gasteiger partial charge is 1.00 e. The Hall–Kier alpha value is -4.59. The van der Waals surface area contributed by atoms with Crippen LogP contribution in [0, 0.1) is 23.7 Å². The number of fused-ring (bicyclic) bond motifs is 1. The average Bonchev–Trinajstić information content (AvgIpc) is 3.81. The first kappa shape index (κ1) is 62.5. The molecule has 388 valence electrons. The Morgan fingerprint density at radius 1 is 0.831 bits per heavy atom. The van der Waals surface area contributed by atoms with E-state index in [4.69, 9.17) is 24.1 Å². The van der Waals surface area contributed by atoms with Crippen LogP contribution in [0.3, 0.4) is 0 Å². The summed E-state index contributed by atoms with van der Waals surface area (Å²) in [7, 11) is 6.54. The number of halogens is 3. The van der Waals surface area contributed by atoms with Gasteiger partial charge in [-0.1, -0.05) is 128 Å². The van der Waals surface area contributed by atoms with Gasteiger partial charge in [0.05, 0.1) is 42.7 Å². The number of carboxylic acid groups (broad SMARTS) is 1. The van der Waals surface area contributed by atoms with Crippen LogP contribution in [0.25, 0.3) is 10.8 Å². The number of esters is 1. The predicted octanol–water partition coefficient (Wildman–Crippen LogP) is 2.22. The van der Waals surface area contributed by atoms with Crippen LogP contribution in [0.4, 0.5) is 13.2 Å². The Bertz CT molecular complexity index is 2180. The van der Waals surface area contributed by atoms with Crippen LogP contribution in [0.1, 0.15) is 85.3 Å². The molecule has 0 saturated carbocycles. The molecule has 0 bridgehead atoms. The summed E-state index contributed by atoms with van der Waals surface area (Å²) in [6.45, 7) is 14.0. The van der Waals surface area contributed by atoms with Crippen LogP contribution >= 0.6 is 0 Å². The van der Waals surface area contributed by atoms with E-state index >= 15 is 0 Å². The van der Waals surface area contributed by atoms with Crippen molar-refractivity contribution in [3.05, 3.63) is 83.9 Å². The first-order chi connectivity index (χ1) is 33.0. The van der Waals surface area contributed by atoms with Gasteiger partial charge >= 0.3 is 41.7 Å². The van der Waals surface area contributed by atoms with E-state index in [1.807, 2.05) is 114 Å². The Balaban J connectivity index is 0.00000200. The molecule has 0 aromatic heterocycles. The van der Waals surface area contributed by atoms with E-state index in [9.17, 15) is 37.1 Å². The van der Waals surface area contributed by atoms with Crippen molar-refractivity contribution in [3.8, 4) is 0 Å². The molecule has 1 aliphatic rings. The second kappa shape index (κ2) is 29.8. The van der Waals surface area contributed by atoms with Gasteiger partial charge in [0.25, 0.3) is 0 Å². The van der Waals surface area contributed by atoms with Crippen molar-refractivity contribution < 1.29 is 90.8 Å². The molecule has 3 aromatic rings. The molecule has 4 amide bonds. The summed E-state index contributed by atoms with van der Waals surface area (Å²) < 4.78 is 49.5. The zero-order valence-corrected chi connectivity index (χ0v) is 45.3. The molecule has 1 fully saturated rings. The van der Waals surface area contributed by atoms with Gasteiger partial charge in [-0.2, -0.15) is 13.2 Å². The molecule has 0 aliphatic carbocycles. The quantitative estimate of drug-likeness (QED) is 0.0932. The minimum atomic E-state index is -5.19. The SMILES string of the molecule is CC[C@H](C)[C@@H]([C@@H](CC(=O)N1CCC[C@H]1[C@H](OC)[C@@H](C)C(=O)N[C@@H](Cc1ccccc1)C(=O)OCc1cccc2ccccc12)OC)N(C)C(=O)[C@@H](NC(=O)[C@@H](NC)C(C)C)C(C)C.O=C([O-])C(F)(F)F.[Na+]. The molecule has 0 radical (unpaired) electrons. The molecular formula is C52H73F3N5NaO10. The molecule has 3 aromatic carbocycles. The summed E-state index contributed by atoms with van der Waals surface area (Å²) in [4.78, 5) is 82.1. The molecule has 1 aliphatic heterocycles. The minimum absolute atomic E-state index is 0. The van der Waals surface area contributed by atoms with Crippen molar-refractivity contribution in [2.75, 3.05) is 34.9 Å². The molecule has 15 nitrogen and oxygen atoms in total. The fourth-order valence-corrected chi connectivity index (χ4v) is 9.06. The van der Waals surface area contributed by atoms with E-state index in [0.29, 0.717) is 19.4 Å². The fourth-order valence-electron chi connectivity index (χ4n) is 9.06.